The highest BCUT2D eigenvalue weighted by Crippen LogP contribution is 2.41. The Kier molecular flexibility index (Phi) is 6.46. The first kappa shape index (κ1) is 23.6. The van der Waals surface area contributed by atoms with Crippen LogP contribution in [-0.4, -0.2) is 29.3 Å². The molecule has 3 aromatic rings. The number of H-pyrrole nitrogens is 1. The van der Waals surface area contributed by atoms with Gasteiger partial charge in [0.1, 0.15) is 17.6 Å². The quantitative estimate of drug-likeness (QED) is 0.292. The van der Waals surface area contributed by atoms with Crippen molar-refractivity contribution in [3.8, 4) is 11.5 Å². The number of Topliss-reactive ketones (excluding diaryl/α,β-unsaturated/α-hetero) is 1. The second-order valence-electron chi connectivity index (χ2n) is 9.19. The number of pyridine rings is 1. The van der Waals surface area contributed by atoms with E-state index < -0.39 is 23.5 Å². The van der Waals surface area contributed by atoms with Crippen LogP contribution in [-0.2, 0) is 22.6 Å². The summed E-state index contributed by atoms with van der Waals surface area (Å²) in [6.07, 6.45) is 5.09. The first-order valence-corrected chi connectivity index (χ1v) is 12.2. The fraction of sp³-hybridized carbons (Fsp3) is 0.276. The van der Waals surface area contributed by atoms with Gasteiger partial charge in [-0.2, -0.15) is 0 Å². The number of aromatic nitrogens is 1. The van der Waals surface area contributed by atoms with Gasteiger partial charge in [0.05, 0.1) is 12.6 Å². The number of fused-ring (bicyclic) bond motifs is 1. The molecule has 184 valence electrons. The van der Waals surface area contributed by atoms with Crippen LogP contribution >= 0.6 is 0 Å². The number of nitrogens with one attached hydrogen (secondary N) is 1. The Morgan fingerprint density at radius 2 is 1.94 bits per heavy atom. The molecule has 0 bridgehead atoms. The first-order valence-electron chi connectivity index (χ1n) is 12.2. The van der Waals surface area contributed by atoms with Crippen LogP contribution < -0.4 is 19.6 Å². The number of ether oxygens (including phenoxy) is 2. The highest BCUT2D eigenvalue weighted by molar-refractivity contribution is 6.46. The van der Waals surface area contributed by atoms with E-state index in [4.69, 9.17) is 9.47 Å². The van der Waals surface area contributed by atoms with Gasteiger partial charge in [-0.15, -0.1) is 0 Å². The molecule has 5 rings (SSSR count). The minimum absolute atomic E-state index is 0.0323. The van der Waals surface area contributed by atoms with Crippen molar-refractivity contribution >= 4 is 17.4 Å². The average Bonchev–Trinajstić information content (AvgIpc) is 3.39. The maximum Gasteiger partial charge on any atom is 0.295 e. The van der Waals surface area contributed by atoms with Crippen LogP contribution in [0.2, 0.25) is 0 Å². The van der Waals surface area contributed by atoms with Crippen molar-refractivity contribution in [3.63, 3.8) is 0 Å². The topological polar surface area (TPSA) is 93.0 Å². The molecular formula is C29H28N2O5. The van der Waals surface area contributed by atoms with Gasteiger partial charge in [-0.25, -0.2) is 4.98 Å². The number of hydrogen-bond donors (Lipinski definition) is 0. The van der Waals surface area contributed by atoms with Gasteiger partial charge in [0.25, 0.3) is 5.91 Å². The second-order valence-corrected chi connectivity index (χ2v) is 9.19. The minimum atomic E-state index is -0.824. The number of rotatable bonds is 7. The van der Waals surface area contributed by atoms with Crippen LogP contribution in [0.3, 0.4) is 0 Å². The zero-order valence-electron chi connectivity index (χ0n) is 20.3. The third-order valence-electron chi connectivity index (χ3n) is 6.47. The van der Waals surface area contributed by atoms with E-state index in [1.54, 1.807) is 30.6 Å². The van der Waals surface area contributed by atoms with Gasteiger partial charge < -0.3 is 19.5 Å². The molecule has 1 fully saturated rings. The largest absolute Gasteiger partial charge is 0.872 e. The maximum absolute atomic E-state index is 13.8. The number of benzene rings is 2. The van der Waals surface area contributed by atoms with Crippen molar-refractivity contribution in [2.24, 2.45) is 0 Å². The summed E-state index contributed by atoms with van der Waals surface area (Å²) in [7, 11) is 0. The number of carbonyl (C=O) groups excluding carboxylic acids is 2. The number of ketones is 1. The number of nitrogens with zero attached hydrogens (tertiary/aromatic N) is 1. The molecular weight excluding hydrogens is 456 g/mol. The van der Waals surface area contributed by atoms with Gasteiger partial charge in [-0.3, -0.25) is 9.59 Å². The molecule has 36 heavy (non-hydrogen) atoms. The van der Waals surface area contributed by atoms with Crippen LogP contribution in [0, 0.1) is 0 Å². The molecule has 0 saturated carbocycles. The Hall–Kier alpha value is -4.13. The zero-order valence-corrected chi connectivity index (χ0v) is 20.3. The monoisotopic (exact) mass is 484 g/mol. The molecule has 3 heterocycles. The van der Waals surface area contributed by atoms with Crippen molar-refractivity contribution in [3.05, 3.63) is 94.8 Å². The van der Waals surface area contributed by atoms with Crippen molar-refractivity contribution in [1.29, 1.82) is 0 Å². The summed E-state index contributed by atoms with van der Waals surface area (Å²) in [5, 5.41) is 13.8. The fourth-order valence-electron chi connectivity index (χ4n) is 4.82. The molecule has 0 radical (unpaired) electrons. The predicted molar refractivity (Wildman–Crippen MR) is 131 cm³/mol. The van der Waals surface area contributed by atoms with Crippen molar-refractivity contribution in [1.82, 2.24) is 4.90 Å². The summed E-state index contributed by atoms with van der Waals surface area (Å²) in [5.74, 6) is -0.514. The number of aromatic amines is 1. The lowest BCUT2D eigenvalue weighted by Crippen LogP contribution is -2.29. The average molecular weight is 485 g/mol. The lowest BCUT2D eigenvalue weighted by atomic mass is 9.94. The van der Waals surface area contributed by atoms with Crippen molar-refractivity contribution in [2.75, 3.05) is 6.61 Å². The smallest absolute Gasteiger partial charge is 0.295 e. The maximum atomic E-state index is 13.8. The van der Waals surface area contributed by atoms with Gasteiger partial charge >= 0.3 is 0 Å². The molecule has 1 saturated heterocycles. The fourth-order valence-corrected chi connectivity index (χ4v) is 4.82. The van der Waals surface area contributed by atoms with Crippen molar-refractivity contribution in [2.45, 2.75) is 45.4 Å². The highest BCUT2D eigenvalue weighted by Gasteiger charge is 2.44. The molecule has 2 aliphatic heterocycles. The summed E-state index contributed by atoms with van der Waals surface area (Å²) < 4.78 is 11.6. The number of carbonyl (C=O) groups is 2. The van der Waals surface area contributed by atoms with Gasteiger partial charge in [0.15, 0.2) is 12.4 Å². The van der Waals surface area contributed by atoms with E-state index in [0.29, 0.717) is 29.9 Å². The number of hydrogen-bond acceptors (Lipinski definition) is 5. The molecule has 2 atom stereocenters. The van der Waals surface area contributed by atoms with E-state index in [9.17, 15) is 14.7 Å². The highest BCUT2D eigenvalue weighted by atomic mass is 16.5. The SMILES string of the molecule is CCCOc1cccc(C2/C(=C(\[O-])c3ccc4c(c3)CC(C)O4)C(=O)C(=O)N2Cc2cc[nH+]cc2)c1. The summed E-state index contributed by atoms with van der Waals surface area (Å²) in [6, 6.07) is 15.4. The molecule has 1 aromatic heterocycles. The molecule has 2 aliphatic rings. The van der Waals surface area contributed by atoms with Crippen molar-refractivity contribution < 1.29 is 29.2 Å². The first-order chi connectivity index (χ1) is 17.5. The zero-order chi connectivity index (χ0) is 25.2. The Labute approximate surface area is 210 Å². The normalized spacial score (nSPS) is 20.3. The van der Waals surface area contributed by atoms with Gasteiger partial charge in [0.2, 0.25) is 5.78 Å². The molecule has 2 unspecified atom stereocenters. The molecule has 0 aliphatic carbocycles. The van der Waals surface area contributed by atoms with E-state index in [-0.39, 0.29) is 18.2 Å². The molecule has 1 amide bonds. The van der Waals surface area contributed by atoms with Crippen LogP contribution in [0.4, 0.5) is 0 Å². The second kappa shape index (κ2) is 9.85. The van der Waals surface area contributed by atoms with Gasteiger partial charge in [0, 0.05) is 30.7 Å². The Morgan fingerprint density at radius 1 is 1.14 bits per heavy atom. The third kappa shape index (κ3) is 4.44. The van der Waals surface area contributed by atoms with Crippen LogP contribution in [0.25, 0.3) is 5.76 Å². The number of likely N-dealkylation sites (tertiary alicyclic amines) is 1. The lowest BCUT2D eigenvalue weighted by Gasteiger charge is -2.28. The van der Waals surface area contributed by atoms with Crippen LogP contribution in [0.1, 0.15) is 48.6 Å². The standard InChI is InChI=1S/C29H28N2O5/c1-3-13-35-23-6-4-5-20(16-23)26-25(27(32)21-7-8-24-22(15-21)14-18(2)36-24)28(33)29(34)31(26)17-19-9-11-30-12-10-19/h4-12,15-16,18,26,32H,3,13-14,17H2,1-2H3/b27-25+. The van der Waals surface area contributed by atoms with Gasteiger partial charge in [-0.05, 0) is 59.9 Å². The van der Waals surface area contributed by atoms with Gasteiger partial charge in [-0.1, -0.05) is 30.9 Å². The summed E-state index contributed by atoms with van der Waals surface area (Å²) in [4.78, 5) is 31.0. The third-order valence-corrected chi connectivity index (χ3v) is 6.47. The minimum Gasteiger partial charge on any atom is -0.872 e. The van der Waals surface area contributed by atoms with E-state index >= 15 is 0 Å². The summed E-state index contributed by atoms with van der Waals surface area (Å²) >= 11 is 0. The lowest BCUT2D eigenvalue weighted by molar-refractivity contribution is -0.378. The van der Waals surface area contributed by atoms with E-state index in [1.165, 1.54) is 4.90 Å². The molecule has 7 heteroatoms. The van der Waals surface area contributed by atoms with Crippen LogP contribution in [0.5, 0.6) is 11.5 Å². The van der Waals surface area contributed by atoms with E-state index in [0.717, 1.165) is 23.3 Å². The summed E-state index contributed by atoms with van der Waals surface area (Å²) in [5.41, 5.74) is 2.77. The number of amides is 1. The Bertz CT molecular complexity index is 1330. The molecule has 1 N–H and O–H groups in total. The summed E-state index contributed by atoms with van der Waals surface area (Å²) in [6.45, 7) is 4.72. The Balaban J connectivity index is 1.61. The Morgan fingerprint density at radius 3 is 2.72 bits per heavy atom. The molecule has 2 aromatic carbocycles. The molecule has 0 spiro atoms. The predicted octanol–water partition coefficient (Wildman–Crippen LogP) is 3.04. The van der Waals surface area contributed by atoms with Crippen LogP contribution in [0.15, 0.2) is 72.6 Å². The van der Waals surface area contributed by atoms with E-state index in [2.05, 4.69) is 4.98 Å². The van der Waals surface area contributed by atoms with E-state index in [1.807, 2.05) is 50.2 Å². The molecule has 7 nitrogen and oxygen atoms in total.